The number of nitrogens with zero attached hydrogens (tertiary/aromatic N) is 2. The van der Waals surface area contributed by atoms with Crippen molar-refractivity contribution in [3.05, 3.63) is 95.6 Å². The van der Waals surface area contributed by atoms with Crippen molar-refractivity contribution in [3.63, 3.8) is 0 Å². The molecule has 8 heteroatoms. The second kappa shape index (κ2) is 13.2. The maximum absolute atomic E-state index is 13.6. The maximum atomic E-state index is 13.6. The van der Waals surface area contributed by atoms with Crippen molar-refractivity contribution >= 4 is 21.8 Å². The summed E-state index contributed by atoms with van der Waals surface area (Å²) in [6, 6.07) is 25.7. The molecule has 0 spiro atoms. The molecule has 0 bridgehead atoms. The van der Waals surface area contributed by atoms with Gasteiger partial charge in [-0.1, -0.05) is 80.1 Å². The minimum Gasteiger partial charge on any atom is -0.340 e. The van der Waals surface area contributed by atoms with Gasteiger partial charge in [0.1, 0.15) is 6.04 Å². The molecule has 0 aromatic heterocycles. The predicted molar refractivity (Wildman–Crippen MR) is 167 cm³/mol. The Morgan fingerprint density at radius 1 is 0.881 bits per heavy atom. The number of hydrogen-bond acceptors (Lipinski definition) is 4. The number of sulfonamides is 1. The Balaban J connectivity index is 1.22. The van der Waals surface area contributed by atoms with Gasteiger partial charge in [-0.15, -0.1) is 0 Å². The van der Waals surface area contributed by atoms with Crippen molar-refractivity contribution in [1.82, 2.24) is 14.5 Å². The van der Waals surface area contributed by atoms with E-state index in [1.54, 1.807) is 17.0 Å². The Morgan fingerprint density at radius 3 is 2.14 bits per heavy atom. The van der Waals surface area contributed by atoms with Crippen LogP contribution in [0.4, 0.5) is 0 Å². The van der Waals surface area contributed by atoms with Crippen LogP contribution in [0.1, 0.15) is 60.0 Å². The highest BCUT2D eigenvalue weighted by Gasteiger charge is 2.38. The zero-order chi connectivity index (χ0) is 29.7. The number of amides is 2. The highest BCUT2D eigenvalue weighted by atomic mass is 32.2. The fourth-order valence-corrected chi connectivity index (χ4v) is 6.79. The molecule has 0 radical (unpaired) electrons. The number of carbonyl (C=O) groups excluding carboxylic acids is 2. The second-order valence-electron chi connectivity index (χ2n) is 11.6. The lowest BCUT2D eigenvalue weighted by atomic mass is 10.0. The number of piperazine rings is 1. The molecular weight excluding hydrogens is 546 g/mol. The average molecular weight is 588 g/mol. The van der Waals surface area contributed by atoms with Crippen molar-refractivity contribution in [2.24, 2.45) is 5.92 Å². The third kappa shape index (κ3) is 7.47. The summed E-state index contributed by atoms with van der Waals surface area (Å²) in [5, 5.41) is 3.02. The van der Waals surface area contributed by atoms with Crippen LogP contribution in [0.15, 0.2) is 78.9 Å². The van der Waals surface area contributed by atoms with Gasteiger partial charge in [0.05, 0.1) is 6.26 Å². The van der Waals surface area contributed by atoms with Crippen molar-refractivity contribution in [2.45, 2.75) is 51.0 Å². The molecule has 7 nitrogen and oxygen atoms in total. The van der Waals surface area contributed by atoms with Gasteiger partial charge in [0.15, 0.2) is 0 Å². The number of carbonyl (C=O) groups is 2. The zero-order valence-corrected chi connectivity index (χ0v) is 25.4. The molecule has 3 aromatic rings. The van der Waals surface area contributed by atoms with Crippen molar-refractivity contribution in [2.75, 3.05) is 32.4 Å². The van der Waals surface area contributed by atoms with Gasteiger partial charge < -0.3 is 10.2 Å². The predicted octanol–water partition coefficient (Wildman–Crippen LogP) is 5.09. The van der Waals surface area contributed by atoms with Gasteiger partial charge in [-0.3, -0.25) is 9.59 Å². The van der Waals surface area contributed by atoms with Gasteiger partial charge in [-0.25, -0.2) is 8.42 Å². The number of hydrogen-bond donors (Lipinski definition) is 1. The smallest absolute Gasteiger partial charge is 0.251 e. The van der Waals surface area contributed by atoms with E-state index >= 15 is 0 Å². The Kier molecular flexibility index (Phi) is 9.43. The van der Waals surface area contributed by atoms with Gasteiger partial charge in [0.2, 0.25) is 15.9 Å². The SMILES string of the molecule is CCc1ccc([C@@H]2C[C@H]2CCC[C@H](NC(=O)c2ccc(-c3ccccc3)cc2)C(=O)N2CCN(S(C)(=O)=O)CC2)cc1. The summed E-state index contributed by atoms with van der Waals surface area (Å²) < 4.78 is 25.3. The van der Waals surface area contributed by atoms with Crippen LogP contribution in [0.3, 0.4) is 0 Å². The highest BCUT2D eigenvalue weighted by Crippen LogP contribution is 2.50. The molecule has 2 amide bonds. The van der Waals surface area contributed by atoms with E-state index in [0.717, 1.165) is 36.8 Å². The minimum atomic E-state index is -3.30. The van der Waals surface area contributed by atoms with Gasteiger partial charge in [0, 0.05) is 31.7 Å². The molecule has 5 rings (SSSR count). The molecule has 222 valence electrons. The minimum absolute atomic E-state index is 0.139. The monoisotopic (exact) mass is 587 g/mol. The third-order valence-corrected chi connectivity index (χ3v) is 9.99. The molecule has 3 atom stereocenters. The fraction of sp³-hybridized carbons (Fsp3) is 0.412. The summed E-state index contributed by atoms with van der Waals surface area (Å²) in [5.74, 6) is 0.766. The van der Waals surface area contributed by atoms with Crippen molar-refractivity contribution in [3.8, 4) is 11.1 Å². The molecular formula is C34H41N3O4S. The summed E-state index contributed by atoms with van der Waals surface area (Å²) in [4.78, 5) is 28.6. The largest absolute Gasteiger partial charge is 0.340 e. The van der Waals surface area contributed by atoms with Crippen molar-refractivity contribution in [1.29, 1.82) is 0 Å². The number of rotatable bonds is 11. The van der Waals surface area contributed by atoms with E-state index in [1.807, 2.05) is 42.5 Å². The van der Waals surface area contributed by atoms with E-state index in [2.05, 4.69) is 36.5 Å². The lowest BCUT2D eigenvalue weighted by Crippen LogP contribution is -2.55. The third-order valence-electron chi connectivity index (χ3n) is 8.68. The quantitative estimate of drug-likeness (QED) is 0.339. The molecule has 42 heavy (non-hydrogen) atoms. The first-order valence-electron chi connectivity index (χ1n) is 15.0. The molecule has 1 saturated heterocycles. The number of nitrogens with one attached hydrogen (secondary N) is 1. The van der Waals surface area contributed by atoms with E-state index in [9.17, 15) is 18.0 Å². The van der Waals surface area contributed by atoms with E-state index < -0.39 is 16.1 Å². The number of benzene rings is 3. The first-order valence-corrected chi connectivity index (χ1v) is 16.9. The topological polar surface area (TPSA) is 86.8 Å². The second-order valence-corrected chi connectivity index (χ2v) is 13.6. The summed E-state index contributed by atoms with van der Waals surface area (Å²) in [7, 11) is -3.30. The van der Waals surface area contributed by atoms with E-state index in [1.165, 1.54) is 21.7 Å². The van der Waals surface area contributed by atoms with Gasteiger partial charge >= 0.3 is 0 Å². The van der Waals surface area contributed by atoms with E-state index in [4.69, 9.17) is 0 Å². The summed E-state index contributed by atoms with van der Waals surface area (Å²) in [6.45, 7) is 3.35. The van der Waals surface area contributed by atoms with Crippen LogP contribution in [0.25, 0.3) is 11.1 Å². The molecule has 1 aliphatic heterocycles. The first kappa shape index (κ1) is 30.0. The first-order chi connectivity index (χ1) is 20.2. The van der Waals surface area contributed by atoms with Crippen LogP contribution in [0.5, 0.6) is 0 Å². The van der Waals surface area contributed by atoms with Crippen LogP contribution in [-0.4, -0.2) is 67.9 Å². The Hall–Kier alpha value is -3.49. The van der Waals surface area contributed by atoms with Crippen LogP contribution < -0.4 is 5.32 Å². The molecule has 1 saturated carbocycles. The summed E-state index contributed by atoms with van der Waals surface area (Å²) in [5.41, 5.74) is 5.34. The summed E-state index contributed by atoms with van der Waals surface area (Å²) >= 11 is 0. The normalized spacial score (nSPS) is 19.7. The van der Waals surface area contributed by atoms with Crippen molar-refractivity contribution < 1.29 is 18.0 Å². The van der Waals surface area contributed by atoms with E-state index in [0.29, 0.717) is 36.9 Å². The van der Waals surface area contributed by atoms with Gasteiger partial charge in [-0.2, -0.15) is 4.31 Å². The highest BCUT2D eigenvalue weighted by molar-refractivity contribution is 7.88. The van der Waals surface area contributed by atoms with Crippen LogP contribution in [0.2, 0.25) is 0 Å². The van der Waals surface area contributed by atoms with Crippen LogP contribution in [0, 0.1) is 5.92 Å². The van der Waals surface area contributed by atoms with Crippen LogP contribution >= 0.6 is 0 Å². The average Bonchev–Trinajstić information content (AvgIpc) is 3.80. The molecule has 0 unspecified atom stereocenters. The molecule has 1 heterocycles. The molecule has 1 N–H and O–H groups in total. The Bertz CT molecular complexity index is 1470. The fourth-order valence-electron chi connectivity index (χ4n) is 5.96. The Labute approximate surface area is 250 Å². The Morgan fingerprint density at radius 2 is 1.52 bits per heavy atom. The van der Waals surface area contributed by atoms with Crippen LogP contribution in [-0.2, 0) is 21.2 Å². The van der Waals surface area contributed by atoms with E-state index in [-0.39, 0.29) is 24.9 Å². The summed E-state index contributed by atoms with van der Waals surface area (Å²) in [6.07, 6.45) is 5.79. The number of aryl methyl sites for hydroxylation is 1. The van der Waals surface area contributed by atoms with Gasteiger partial charge in [-0.05, 0) is 71.9 Å². The lowest BCUT2D eigenvalue weighted by Gasteiger charge is -2.35. The molecule has 3 aromatic carbocycles. The standard InChI is InChI=1S/C34H41N3O4S/c1-3-25-12-14-28(15-13-25)31-24-30(31)10-7-11-32(34(39)36-20-22-37(23-21-36)42(2,40)41)35-33(38)29-18-16-27(17-19-29)26-8-5-4-6-9-26/h4-6,8-9,12-19,30-32H,3,7,10-11,20-24H2,1-2H3,(H,35,38)/t30-,31+,32+/m1/s1. The molecule has 2 aliphatic rings. The molecule has 1 aliphatic carbocycles. The lowest BCUT2D eigenvalue weighted by molar-refractivity contribution is -0.134. The molecule has 2 fully saturated rings. The zero-order valence-electron chi connectivity index (χ0n) is 24.5. The maximum Gasteiger partial charge on any atom is 0.251 e. The van der Waals surface area contributed by atoms with Gasteiger partial charge in [0.25, 0.3) is 5.91 Å².